The van der Waals surface area contributed by atoms with Crippen molar-refractivity contribution in [2.24, 2.45) is 0 Å². The average Bonchev–Trinajstić information content (AvgIpc) is 2.94. The van der Waals surface area contributed by atoms with Crippen molar-refractivity contribution in [3.63, 3.8) is 0 Å². The molecule has 2 aromatic rings. The van der Waals surface area contributed by atoms with E-state index in [4.69, 9.17) is 16.3 Å². The second-order valence-electron chi connectivity index (χ2n) is 6.43. The van der Waals surface area contributed by atoms with E-state index in [1.165, 1.54) is 0 Å². The van der Waals surface area contributed by atoms with Gasteiger partial charge in [0, 0.05) is 48.6 Å². The largest absolute Gasteiger partial charge is 0.497 e. The Balaban J connectivity index is 1.55. The third kappa shape index (κ3) is 5.29. The summed E-state index contributed by atoms with van der Waals surface area (Å²) in [4.78, 5) is 28.5. The Morgan fingerprint density at radius 1 is 0.893 bits per heavy atom. The molecule has 0 aliphatic carbocycles. The molecule has 0 aromatic heterocycles. The highest BCUT2D eigenvalue weighted by Crippen LogP contribution is 2.18. The maximum absolute atomic E-state index is 12.6. The van der Waals surface area contributed by atoms with Crippen LogP contribution in [0.15, 0.2) is 48.5 Å². The van der Waals surface area contributed by atoms with Crippen LogP contribution in [0, 0.1) is 0 Å². The second kappa shape index (κ2) is 9.32. The minimum Gasteiger partial charge on any atom is -0.497 e. The van der Waals surface area contributed by atoms with Crippen molar-refractivity contribution in [3.05, 3.63) is 53.6 Å². The summed E-state index contributed by atoms with van der Waals surface area (Å²) in [5, 5.41) is 6.29. The van der Waals surface area contributed by atoms with E-state index < -0.39 is 0 Å². The Hall–Kier alpha value is -2.93. The van der Waals surface area contributed by atoms with Gasteiger partial charge in [-0.3, -0.25) is 0 Å². The molecule has 0 bridgehead atoms. The number of hydrogen-bond donors (Lipinski definition) is 2. The van der Waals surface area contributed by atoms with Gasteiger partial charge in [0.25, 0.3) is 0 Å². The van der Waals surface area contributed by atoms with Gasteiger partial charge in [-0.25, -0.2) is 9.59 Å². The van der Waals surface area contributed by atoms with E-state index in [1.54, 1.807) is 47.2 Å². The molecule has 0 saturated carbocycles. The maximum atomic E-state index is 12.6. The van der Waals surface area contributed by atoms with Gasteiger partial charge in [-0.05, 0) is 36.8 Å². The van der Waals surface area contributed by atoms with Gasteiger partial charge >= 0.3 is 12.1 Å². The van der Waals surface area contributed by atoms with Gasteiger partial charge in [0.2, 0.25) is 0 Å². The minimum atomic E-state index is -0.197. The number of carbonyl (C=O) groups is 2. The number of amides is 4. The molecule has 7 nitrogen and oxygen atoms in total. The molecular formula is C20H23ClN4O3. The molecule has 4 amide bonds. The highest BCUT2D eigenvalue weighted by Gasteiger charge is 2.22. The minimum absolute atomic E-state index is 0.189. The van der Waals surface area contributed by atoms with Gasteiger partial charge < -0.3 is 25.2 Å². The summed E-state index contributed by atoms with van der Waals surface area (Å²) in [6, 6.07) is 13.8. The average molecular weight is 403 g/mol. The van der Waals surface area contributed by atoms with Crippen LogP contribution in [0.3, 0.4) is 0 Å². The number of methoxy groups -OCH3 is 1. The number of anilines is 2. The Morgan fingerprint density at radius 2 is 1.46 bits per heavy atom. The molecule has 0 radical (unpaired) electrons. The molecule has 2 aromatic carbocycles. The van der Waals surface area contributed by atoms with Gasteiger partial charge in [0.1, 0.15) is 5.75 Å². The molecule has 0 atom stereocenters. The molecule has 2 N–H and O–H groups in total. The first kappa shape index (κ1) is 19.8. The number of rotatable bonds is 3. The molecule has 1 aliphatic heterocycles. The lowest BCUT2D eigenvalue weighted by Crippen LogP contribution is -2.40. The SMILES string of the molecule is COc1cccc(NC(=O)N2CCCN(C(=O)Nc3cccc(Cl)c3)CC2)c1. The van der Waals surface area contributed by atoms with E-state index >= 15 is 0 Å². The normalized spacial score (nSPS) is 14.2. The first-order valence-electron chi connectivity index (χ1n) is 9.06. The molecule has 1 aliphatic rings. The zero-order valence-electron chi connectivity index (χ0n) is 15.7. The van der Waals surface area contributed by atoms with Crippen LogP contribution >= 0.6 is 11.6 Å². The van der Waals surface area contributed by atoms with Gasteiger partial charge in [-0.15, -0.1) is 0 Å². The van der Waals surface area contributed by atoms with E-state index in [-0.39, 0.29) is 12.1 Å². The molecule has 148 valence electrons. The van der Waals surface area contributed by atoms with Crippen LogP contribution in [-0.4, -0.2) is 55.2 Å². The third-order valence-corrected chi connectivity index (χ3v) is 4.70. The summed E-state index contributed by atoms with van der Waals surface area (Å²) < 4.78 is 5.17. The number of ether oxygens (including phenoxy) is 1. The number of urea groups is 2. The van der Waals surface area contributed by atoms with Crippen LogP contribution in [0.1, 0.15) is 6.42 Å². The van der Waals surface area contributed by atoms with Crippen molar-refractivity contribution >= 4 is 35.0 Å². The number of halogens is 1. The lowest BCUT2D eigenvalue weighted by atomic mass is 10.3. The van der Waals surface area contributed by atoms with Crippen LogP contribution < -0.4 is 15.4 Å². The monoisotopic (exact) mass is 402 g/mol. The highest BCUT2D eigenvalue weighted by atomic mass is 35.5. The number of nitrogens with one attached hydrogen (secondary N) is 2. The summed E-state index contributed by atoms with van der Waals surface area (Å²) in [7, 11) is 1.58. The van der Waals surface area contributed by atoms with Crippen molar-refractivity contribution in [1.29, 1.82) is 0 Å². The second-order valence-corrected chi connectivity index (χ2v) is 6.87. The fourth-order valence-electron chi connectivity index (χ4n) is 3.00. The van der Waals surface area contributed by atoms with E-state index in [0.717, 1.165) is 0 Å². The van der Waals surface area contributed by atoms with E-state index in [1.807, 2.05) is 18.2 Å². The first-order chi connectivity index (χ1) is 13.5. The van der Waals surface area contributed by atoms with E-state index in [9.17, 15) is 9.59 Å². The third-order valence-electron chi connectivity index (χ3n) is 4.47. The van der Waals surface area contributed by atoms with E-state index in [0.29, 0.717) is 54.7 Å². The van der Waals surface area contributed by atoms with Crippen molar-refractivity contribution in [2.75, 3.05) is 43.9 Å². The maximum Gasteiger partial charge on any atom is 0.321 e. The van der Waals surface area contributed by atoms with Gasteiger partial charge in [-0.2, -0.15) is 0 Å². The molecule has 1 heterocycles. The molecule has 0 spiro atoms. The molecule has 8 heteroatoms. The zero-order chi connectivity index (χ0) is 19.9. The lowest BCUT2D eigenvalue weighted by molar-refractivity contribution is 0.205. The zero-order valence-corrected chi connectivity index (χ0v) is 16.4. The van der Waals surface area contributed by atoms with Crippen LogP contribution in [-0.2, 0) is 0 Å². The topological polar surface area (TPSA) is 73.9 Å². The Kier molecular flexibility index (Phi) is 6.60. The van der Waals surface area contributed by atoms with Gasteiger partial charge in [0.15, 0.2) is 0 Å². The Morgan fingerprint density at radius 3 is 2.04 bits per heavy atom. The van der Waals surface area contributed by atoms with Crippen molar-refractivity contribution in [2.45, 2.75) is 6.42 Å². The molecule has 1 fully saturated rings. The lowest BCUT2D eigenvalue weighted by Gasteiger charge is -2.23. The smallest absolute Gasteiger partial charge is 0.321 e. The predicted molar refractivity (Wildman–Crippen MR) is 110 cm³/mol. The first-order valence-corrected chi connectivity index (χ1v) is 9.44. The summed E-state index contributed by atoms with van der Waals surface area (Å²) in [5.74, 6) is 0.678. The Bertz CT molecular complexity index is 846. The van der Waals surface area contributed by atoms with Gasteiger partial charge in [-0.1, -0.05) is 23.7 Å². The summed E-state index contributed by atoms with van der Waals surface area (Å²) in [6.07, 6.45) is 0.703. The molecule has 0 unspecified atom stereocenters. The van der Waals surface area contributed by atoms with Gasteiger partial charge in [0.05, 0.1) is 7.11 Å². The number of benzene rings is 2. The molecule has 28 heavy (non-hydrogen) atoms. The highest BCUT2D eigenvalue weighted by molar-refractivity contribution is 6.30. The Labute approximate surface area is 169 Å². The van der Waals surface area contributed by atoms with Crippen molar-refractivity contribution in [3.8, 4) is 5.75 Å². The van der Waals surface area contributed by atoms with Crippen LogP contribution in [0.25, 0.3) is 0 Å². The molecule has 3 rings (SSSR count). The van der Waals surface area contributed by atoms with Crippen LogP contribution in [0.2, 0.25) is 5.02 Å². The van der Waals surface area contributed by atoms with Crippen molar-refractivity contribution in [1.82, 2.24) is 9.80 Å². The van der Waals surface area contributed by atoms with E-state index in [2.05, 4.69) is 10.6 Å². The number of hydrogen-bond acceptors (Lipinski definition) is 3. The fraction of sp³-hybridized carbons (Fsp3) is 0.300. The predicted octanol–water partition coefficient (Wildman–Crippen LogP) is 4.12. The quantitative estimate of drug-likeness (QED) is 0.810. The number of nitrogens with zero attached hydrogens (tertiary/aromatic N) is 2. The fourth-order valence-corrected chi connectivity index (χ4v) is 3.19. The van der Waals surface area contributed by atoms with Crippen molar-refractivity contribution < 1.29 is 14.3 Å². The number of carbonyl (C=O) groups excluding carboxylic acids is 2. The molecule has 1 saturated heterocycles. The molecular weight excluding hydrogens is 380 g/mol. The summed E-state index contributed by atoms with van der Waals surface area (Å²) in [6.45, 7) is 2.07. The van der Waals surface area contributed by atoms with Crippen LogP contribution in [0.4, 0.5) is 21.0 Å². The van der Waals surface area contributed by atoms with Crippen LogP contribution in [0.5, 0.6) is 5.75 Å². The summed E-state index contributed by atoms with van der Waals surface area (Å²) in [5.41, 5.74) is 1.32. The standard InChI is InChI=1S/C20H23ClN4O3/c1-28-18-8-3-7-17(14-18)23-20(27)25-10-4-9-24(11-12-25)19(26)22-16-6-2-5-15(21)13-16/h2-3,5-8,13-14H,4,9-12H2,1H3,(H,22,26)(H,23,27). The summed E-state index contributed by atoms with van der Waals surface area (Å²) >= 11 is 5.96.